The molecule has 1 fully saturated rings. The summed E-state index contributed by atoms with van der Waals surface area (Å²) in [5.74, 6) is -1.06. The van der Waals surface area contributed by atoms with Crippen LogP contribution in [0.15, 0.2) is 82.7 Å². The molecule has 3 aromatic rings. The summed E-state index contributed by atoms with van der Waals surface area (Å²) in [6.45, 7) is 16.1. The Balaban J connectivity index is 1.82. The molecule has 6 atom stereocenters. The van der Waals surface area contributed by atoms with E-state index in [0.29, 0.717) is 0 Å². The SMILES string of the molecule is CC(C)C(NC(=O)OC(C)(C)C)C(=O)OC1C(C(O[SiH](c2ccccc2)c2ccccc2)C(C)(C)C)OC(n2ccc(N=CN(C)C)nc2=O)C1(C)O. The van der Waals surface area contributed by atoms with Crippen molar-refractivity contribution in [2.24, 2.45) is 16.3 Å². The van der Waals surface area contributed by atoms with Gasteiger partial charge < -0.3 is 34.0 Å². The second-order valence-electron chi connectivity index (χ2n) is 16.2. The van der Waals surface area contributed by atoms with Gasteiger partial charge in [-0.3, -0.25) is 4.57 Å². The van der Waals surface area contributed by atoms with Gasteiger partial charge in [-0.05, 0) is 55.5 Å². The van der Waals surface area contributed by atoms with E-state index in [-0.39, 0.29) is 5.82 Å². The molecule has 4 rings (SSSR count). The Kier molecular flexibility index (Phi) is 13.1. The van der Waals surface area contributed by atoms with Gasteiger partial charge in [-0.1, -0.05) is 95.3 Å². The summed E-state index contributed by atoms with van der Waals surface area (Å²) in [5, 5.41) is 17.1. The van der Waals surface area contributed by atoms with Crippen LogP contribution in [0.3, 0.4) is 0 Å². The Bertz CT molecular complexity index is 1730. The number of nitrogens with one attached hydrogen (secondary N) is 1. The van der Waals surface area contributed by atoms with Crippen LogP contribution >= 0.6 is 0 Å². The number of benzene rings is 2. The average Bonchev–Trinajstić information content (AvgIpc) is 3.31. The summed E-state index contributed by atoms with van der Waals surface area (Å²) in [6.07, 6.45) is -2.42. The first-order chi connectivity index (χ1) is 24.7. The third kappa shape index (κ3) is 10.6. The maximum absolute atomic E-state index is 14.1. The van der Waals surface area contributed by atoms with Crippen LogP contribution in [0.1, 0.15) is 68.5 Å². The molecular formula is C39H55N5O8Si. The van der Waals surface area contributed by atoms with Crippen molar-refractivity contribution in [3.63, 3.8) is 0 Å². The molecule has 0 saturated carbocycles. The minimum absolute atomic E-state index is 0.167. The number of aromatic nitrogens is 2. The molecule has 1 aromatic heterocycles. The molecule has 1 aliphatic heterocycles. The normalized spacial score (nSPS) is 21.8. The fourth-order valence-electron chi connectivity index (χ4n) is 6.08. The molecule has 0 bridgehead atoms. The van der Waals surface area contributed by atoms with E-state index < -0.39 is 79.9 Å². The zero-order chi connectivity index (χ0) is 39.3. The van der Waals surface area contributed by atoms with Gasteiger partial charge in [0.15, 0.2) is 18.1 Å². The third-order valence-electron chi connectivity index (χ3n) is 8.62. The van der Waals surface area contributed by atoms with Crippen molar-refractivity contribution in [3.8, 4) is 0 Å². The number of hydrogen-bond acceptors (Lipinski definition) is 10. The fourth-order valence-corrected chi connectivity index (χ4v) is 8.78. The number of hydrogen-bond donors (Lipinski definition) is 2. The number of nitrogens with zero attached hydrogens (tertiary/aromatic N) is 4. The van der Waals surface area contributed by atoms with E-state index in [2.05, 4.69) is 15.3 Å². The number of rotatable bonds is 12. The minimum atomic E-state index is -2.45. The Morgan fingerprint density at radius 1 is 1.02 bits per heavy atom. The minimum Gasteiger partial charge on any atom is -0.455 e. The second-order valence-corrected chi connectivity index (χ2v) is 18.6. The molecule has 13 nitrogen and oxygen atoms in total. The highest BCUT2D eigenvalue weighted by Crippen LogP contribution is 2.45. The van der Waals surface area contributed by atoms with E-state index in [1.165, 1.54) is 25.5 Å². The van der Waals surface area contributed by atoms with Crippen molar-refractivity contribution in [1.82, 2.24) is 19.8 Å². The number of amides is 1. The van der Waals surface area contributed by atoms with E-state index in [4.69, 9.17) is 18.6 Å². The van der Waals surface area contributed by atoms with Gasteiger partial charge in [0, 0.05) is 20.3 Å². The summed E-state index contributed by atoms with van der Waals surface area (Å²) in [5.41, 5.74) is -4.16. The molecule has 1 amide bonds. The van der Waals surface area contributed by atoms with Crippen LogP contribution in [0, 0.1) is 11.3 Å². The number of carbonyl (C=O) groups is 2. The van der Waals surface area contributed by atoms with Gasteiger partial charge in [-0.2, -0.15) is 4.98 Å². The molecular weight excluding hydrogens is 695 g/mol. The lowest BCUT2D eigenvalue weighted by Gasteiger charge is -2.40. The molecule has 2 N–H and O–H groups in total. The van der Waals surface area contributed by atoms with Crippen molar-refractivity contribution in [2.75, 3.05) is 14.1 Å². The number of alkyl carbamates (subject to hydrolysis) is 1. The summed E-state index contributed by atoms with van der Waals surface area (Å²) in [7, 11) is 1.13. The maximum Gasteiger partial charge on any atom is 0.408 e. The van der Waals surface area contributed by atoms with E-state index in [1.807, 2.05) is 81.4 Å². The first kappa shape index (κ1) is 41.4. The standard InChI is InChI=1S/C39H55N5O8Si/c1-25(2)29(42-36(47)51-38(6,7)8)33(45)50-32-30(49-34(39(32,9)48)44-23-22-28(41-35(44)46)40-24-43(10)11)31(37(3,4)5)52-53(26-18-14-12-15-19-26)27-20-16-13-17-21-27/h12-25,29-32,34,48,53H,1-11H3,(H,42,47). The number of ether oxygens (including phenoxy) is 3. The number of carbonyl (C=O) groups excluding carboxylic acids is 2. The fraction of sp³-hybridized carbons (Fsp3) is 0.513. The molecule has 2 aromatic carbocycles. The molecule has 1 saturated heterocycles. The van der Waals surface area contributed by atoms with Crippen molar-refractivity contribution in [2.45, 2.75) is 104 Å². The van der Waals surface area contributed by atoms with E-state index >= 15 is 0 Å². The predicted octanol–water partition coefficient (Wildman–Crippen LogP) is 3.54. The van der Waals surface area contributed by atoms with Crippen LogP contribution in [-0.4, -0.2) is 96.7 Å². The van der Waals surface area contributed by atoms with Crippen LogP contribution in [0.4, 0.5) is 10.6 Å². The topological polar surface area (TPSA) is 154 Å². The Labute approximate surface area is 314 Å². The van der Waals surface area contributed by atoms with Gasteiger partial charge in [0.25, 0.3) is 0 Å². The Morgan fingerprint density at radius 2 is 1.58 bits per heavy atom. The van der Waals surface area contributed by atoms with Gasteiger partial charge in [-0.15, -0.1) is 0 Å². The highest BCUT2D eigenvalue weighted by molar-refractivity contribution is 6.80. The molecule has 0 radical (unpaired) electrons. The molecule has 288 valence electrons. The predicted molar refractivity (Wildman–Crippen MR) is 206 cm³/mol. The second kappa shape index (κ2) is 16.7. The molecule has 1 aliphatic rings. The van der Waals surface area contributed by atoms with E-state index in [9.17, 15) is 19.5 Å². The van der Waals surface area contributed by atoms with Crippen LogP contribution in [0.25, 0.3) is 0 Å². The summed E-state index contributed by atoms with van der Waals surface area (Å²) in [6, 6.07) is 20.2. The smallest absolute Gasteiger partial charge is 0.408 e. The molecule has 0 aliphatic carbocycles. The zero-order valence-corrected chi connectivity index (χ0v) is 33.8. The van der Waals surface area contributed by atoms with Crippen LogP contribution in [-0.2, 0) is 23.4 Å². The first-order valence-electron chi connectivity index (χ1n) is 17.8. The lowest BCUT2D eigenvalue weighted by Crippen LogP contribution is -2.58. The Morgan fingerprint density at radius 3 is 2.06 bits per heavy atom. The highest BCUT2D eigenvalue weighted by atomic mass is 28.3. The van der Waals surface area contributed by atoms with Crippen molar-refractivity contribution < 1.29 is 33.3 Å². The molecule has 53 heavy (non-hydrogen) atoms. The van der Waals surface area contributed by atoms with Gasteiger partial charge >= 0.3 is 17.8 Å². The van der Waals surface area contributed by atoms with E-state index in [1.54, 1.807) is 53.6 Å². The average molecular weight is 750 g/mol. The maximum atomic E-state index is 14.1. The highest BCUT2D eigenvalue weighted by Gasteiger charge is 2.61. The zero-order valence-electron chi connectivity index (χ0n) is 32.6. The summed E-state index contributed by atoms with van der Waals surface area (Å²) < 4.78 is 26.7. The largest absolute Gasteiger partial charge is 0.455 e. The summed E-state index contributed by atoms with van der Waals surface area (Å²) in [4.78, 5) is 50.5. The first-order valence-corrected chi connectivity index (χ1v) is 19.4. The van der Waals surface area contributed by atoms with Crippen molar-refractivity contribution in [3.05, 3.63) is 83.4 Å². The molecule has 14 heteroatoms. The van der Waals surface area contributed by atoms with Crippen LogP contribution in [0.2, 0.25) is 0 Å². The lowest BCUT2D eigenvalue weighted by molar-refractivity contribution is -0.171. The van der Waals surface area contributed by atoms with Crippen molar-refractivity contribution >= 4 is 43.6 Å². The quantitative estimate of drug-likeness (QED) is 0.122. The van der Waals surface area contributed by atoms with Gasteiger partial charge in [0.05, 0.1) is 12.4 Å². The van der Waals surface area contributed by atoms with Gasteiger partial charge in [-0.25, -0.2) is 19.4 Å². The summed E-state index contributed by atoms with van der Waals surface area (Å²) >= 11 is 0. The molecule has 6 unspecified atom stereocenters. The van der Waals surface area contributed by atoms with Gasteiger partial charge in [0.1, 0.15) is 23.3 Å². The monoisotopic (exact) mass is 749 g/mol. The van der Waals surface area contributed by atoms with Crippen molar-refractivity contribution in [1.29, 1.82) is 0 Å². The molecule has 0 spiro atoms. The number of esters is 1. The number of aliphatic imine (C=N–C) groups is 1. The lowest BCUT2D eigenvalue weighted by atomic mass is 9.82. The van der Waals surface area contributed by atoms with E-state index in [0.717, 1.165) is 14.9 Å². The molecule has 2 heterocycles. The third-order valence-corrected chi connectivity index (χ3v) is 11.2. The number of aliphatic hydroxyl groups is 1. The van der Waals surface area contributed by atoms with Gasteiger partial charge in [0.2, 0.25) is 9.04 Å². The van der Waals surface area contributed by atoms with Crippen LogP contribution in [0.5, 0.6) is 0 Å². The Hall–Kier alpha value is -4.37. The van der Waals surface area contributed by atoms with Crippen LogP contribution < -0.4 is 21.4 Å².